The van der Waals surface area contributed by atoms with Crippen LogP contribution in [-0.4, -0.2) is 47.6 Å². The Kier molecular flexibility index (Phi) is 4.58. The maximum Gasteiger partial charge on any atom is 0.271 e. The lowest BCUT2D eigenvalue weighted by atomic mass is 10.2. The number of pyridine rings is 1. The molecular formula is C20H22N4O2. The van der Waals surface area contributed by atoms with Gasteiger partial charge in [-0.2, -0.15) is 0 Å². The number of hydrogen-bond donors (Lipinski definition) is 1. The molecule has 3 aromatic rings. The fourth-order valence-electron chi connectivity index (χ4n) is 3.23. The first-order chi connectivity index (χ1) is 12.7. The van der Waals surface area contributed by atoms with E-state index < -0.39 is 0 Å². The van der Waals surface area contributed by atoms with Crippen LogP contribution >= 0.6 is 0 Å². The number of hydrogen-bond acceptors (Lipinski definition) is 4. The number of rotatable bonds is 4. The van der Waals surface area contributed by atoms with Crippen molar-refractivity contribution in [2.45, 2.75) is 13.0 Å². The van der Waals surface area contributed by atoms with E-state index in [2.05, 4.69) is 27.3 Å². The fraction of sp³-hybridized carbons (Fsp3) is 0.300. The van der Waals surface area contributed by atoms with Crippen molar-refractivity contribution in [3.63, 3.8) is 0 Å². The highest BCUT2D eigenvalue weighted by Crippen LogP contribution is 2.17. The number of benzene rings is 1. The second-order valence-corrected chi connectivity index (χ2v) is 6.58. The van der Waals surface area contributed by atoms with Crippen LogP contribution in [0.4, 0.5) is 5.69 Å². The van der Waals surface area contributed by atoms with E-state index in [0.29, 0.717) is 18.8 Å². The van der Waals surface area contributed by atoms with Crippen molar-refractivity contribution in [2.75, 3.05) is 31.1 Å². The number of aromatic nitrogens is 2. The molecule has 0 spiro atoms. The number of aryl methyl sites for hydroxylation is 1. The van der Waals surface area contributed by atoms with Crippen LogP contribution in [0.2, 0.25) is 0 Å². The Balaban J connectivity index is 1.37. The third-order valence-electron chi connectivity index (χ3n) is 4.58. The van der Waals surface area contributed by atoms with Gasteiger partial charge in [-0.3, -0.25) is 4.79 Å². The molecule has 1 unspecified atom stereocenters. The minimum Gasteiger partial charge on any atom is -0.373 e. The highest BCUT2D eigenvalue weighted by atomic mass is 16.5. The molecule has 1 amide bonds. The number of amides is 1. The normalized spacial score (nSPS) is 17.4. The van der Waals surface area contributed by atoms with Gasteiger partial charge in [-0.15, -0.1) is 0 Å². The summed E-state index contributed by atoms with van der Waals surface area (Å²) in [6.45, 7) is 4.76. The summed E-state index contributed by atoms with van der Waals surface area (Å²) in [6.07, 6.45) is 3.68. The van der Waals surface area contributed by atoms with Gasteiger partial charge in [0.15, 0.2) is 0 Å². The molecule has 4 rings (SSSR count). The van der Waals surface area contributed by atoms with E-state index in [0.717, 1.165) is 24.3 Å². The molecule has 1 aromatic carbocycles. The van der Waals surface area contributed by atoms with Gasteiger partial charge in [0.05, 0.1) is 12.7 Å². The number of nitrogens with one attached hydrogen (secondary N) is 1. The van der Waals surface area contributed by atoms with E-state index in [4.69, 9.17) is 4.74 Å². The minimum atomic E-state index is -0.174. The zero-order valence-electron chi connectivity index (χ0n) is 14.8. The molecule has 1 atom stereocenters. The molecule has 134 valence electrons. The number of fused-ring (bicyclic) bond motifs is 1. The Morgan fingerprint density at radius 1 is 1.23 bits per heavy atom. The highest BCUT2D eigenvalue weighted by Gasteiger charge is 2.22. The second-order valence-electron chi connectivity index (χ2n) is 6.58. The first-order valence-corrected chi connectivity index (χ1v) is 8.84. The number of carbonyl (C=O) groups excluding carboxylic acids is 1. The molecule has 2 aromatic heterocycles. The molecule has 0 aliphatic carbocycles. The lowest BCUT2D eigenvalue weighted by molar-refractivity contribution is 0.0396. The molecule has 6 nitrogen and oxygen atoms in total. The first kappa shape index (κ1) is 16.6. The number of ether oxygens (including phenoxy) is 1. The molecule has 1 aliphatic heterocycles. The van der Waals surface area contributed by atoms with E-state index in [-0.39, 0.29) is 12.0 Å². The maximum atomic E-state index is 12.4. The van der Waals surface area contributed by atoms with Crippen LogP contribution in [0.25, 0.3) is 5.65 Å². The summed E-state index contributed by atoms with van der Waals surface area (Å²) in [6, 6.07) is 14.2. The van der Waals surface area contributed by atoms with Crippen LogP contribution in [-0.2, 0) is 4.74 Å². The number of carbonyl (C=O) groups is 1. The van der Waals surface area contributed by atoms with Crippen LogP contribution < -0.4 is 10.2 Å². The first-order valence-electron chi connectivity index (χ1n) is 8.84. The highest BCUT2D eigenvalue weighted by molar-refractivity contribution is 5.92. The summed E-state index contributed by atoms with van der Waals surface area (Å²) in [5, 5.41) is 2.95. The van der Waals surface area contributed by atoms with Crippen molar-refractivity contribution < 1.29 is 9.53 Å². The smallest absolute Gasteiger partial charge is 0.271 e. The second kappa shape index (κ2) is 7.17. The van der Waals surface area contributed by atoms with E-state index in [1.54, 1.807) is 6.20 Å². The Bertz CT molecular complexity index is 907. The third kappa shape index (κ3) is 3.55. The molecule has 6 heteroatoms. The average molecular weight is 350 g/mol. The molecule has 1 fully saturated rings. The van der Waals surface area contributed by atoms with E-state index >= 15 is 0 Å². The Morgan fingerprint density at radius 2 is 2.08 bits per heavy atom. The lowest BCUT2D eigenvalue weighted by Gasteiger charge is -2.34. The zero-order chi connectivity index (χ0) is 17.9. The summed E-state index contributed by atoms with van der Waals surface area (Å²) in [4.78, 5) is 19.1. The zero-order valence-corrected chi connectivity index (χ0v) is 14.8. The predicted octanol–water partition coefficient (Wildman–Crippen LogP) is 2.28. The van der Waals surface area contributed by atoms with Gasteiger partial charge in [0, 0.05) is 37.7 Å². The van der Waals surface area contributed by atoms with Crippen LogP contribution in [0.5, 0.6) is 0 Å². The van der Waals surface area contributed by atoms with Crippen LogP contribution in [0.1, 0.15) is 16.1 Å². The van der Waals surface area contributed by atoms with E-state index in [1.165, 1.54) is 5.69 Å². The minimum absolute atomic E-state index is 0.0350. The number of nitrogens with zero attached hydrogens (tertiary/aromatic N) is 3. The molecule has 1 aliphatic rings. The van der Waals surface area contributed by atoms with Gasteiger partial charge in [0.2, 0.25) is 0 Å². The summed E-state index contributed by atoms with van der Waals surface area (Å²) in [5.41, 5.74) is 3.50. The summed E-state index contributed by atoms with van der Waals surface area (Å²) in [7, 11) is 0. The average Bonchev–Trinajstić information content (AvgIpc) is 3.10. The quantitative estimate of drug-likeness (QED) is 0.784. The van der Waals surface area contributed by atoms with Gasteiger partial charge < -0.3 is 19.4 Å². The van der Waals surface area contributed by atoms with Crippen molar-refractivity contribution in [1.29, 1.82) is 0 Å². The van der Waals surface area contributed by atoms with Crippen LogP contribution in [0.3, 0.4) is 0 Å². The van der Waals surface area contributed by atoms with Gasteiger partial charge in [0.1, 0.15) is 11.3 Å². The Morgan fingerprint density at radius 3 is 2.92 bits per heavy atom. The van der Waals surface area contributed by atoms with Gasteiger partial charge in [0.25, 0.3) is 5.91 Å². The molecule has 26 heavy (non-hydrogen) atoms. The Labute approximate surface area is 152 Å². The molecular weight excluding hydrogens is 328 g/mol. The predicted molar refractivity (Wildman–Crippen MR) is 101 cm³/mol. The van der Waals surface area contributed by atoms with Crippen molar-refractivity contribution in [2.24, 2.45) is 0 Å². The van der Waals surface area contributed by atoms with E-state index in [1.807, 2.05) is 47.9 Å². The van der Waals surface area contributed by atoms with Gasteiger partial charge in [-0.1, -0.05) is 24.3 Å². The van der Waals surface area contributed by atoms with Crippen LogP contribution in [0.15, 0.2) is 54.9 Å². The van der Waals surface area contributed by atoms with Crippen molar-refractivity contribution in [3.05, 3.63) is 66.1 Å². The van der Waals surface area contributed by atoms with Crippen molar-refractivity contribution >= 4 is 17.2 Å². The molecule has 0 bridgehead atoms. The monoisotopic (exact) mass is 350 g/mol. The van der Waals surface area contributed by atoms with E-state index in [9.17, 15) is 4.79 Å². The number of imidazole rings is 1. The van der Waals surface area contributed by atoms with Crippen molar-refractivity contribution in [1.82, 2.24) is 14.7 Å². The van der Waals surface area contributed by atoms with Gasteiger partial charge in [-0.05, 0) is 30.7 Å². The summed E-state index contributed by atoms with van der Waals surface area (Å²) in [5.74, 6) is -0.174. The Hall–Kier alpha value is -2.86. The molecule has 0 saturated carbocycles. The molecule has 3 heterocycles. The van der Waals surface area contributed by atoms with Crippen LogP contribution in [0, 0.1) is 6.92 Å². The summed E-state index contributed by atoms with van der Waals surface area (Å²) >= 11 is 0. The number of para-hydroxylation sites is 1. The number of morpholine rings is 1. The third-order valence-corrected chi connectivity index (χ3v) is 4.58. The molecule has 1 N–H and O–H groups in total. The van der Waals surface area contributed by atoms with Gasteiger partial charge in [-0.25, -0.2) is 4.98 Å². The van der Waals surface area contributed by atoms with Gasteiger partial charge >= 0.3 is 0 Å². The molecule has 1 saturated heterocycles. The SMILES string of the molecule is Cc1ccc2nc(C(=O)NCC3CN(c4ccccc4)CCO3)cn2c1. The summed E-state index contributed by atoms with van der Waals surface area (Å²) < 4.78 is 7.68. The largest absolute Gasteiger partial charge is 0.373 e. The number of anilines is 1. The fourth-order valence-corrected chi connectivity index (χ4v) is 3.23. The molecule has 0 radical (unpaired) electrons. The maximum absolute atomic E-state index is 12.4. The topological polar surface area (TPSA) is 58.9 Å². The van der Waals surface area contributed by atoms with Crippen molar-refractivity contribution in [3.8, 4) is 0 Å². The standard InChI is InChI=1S/C20H22N4O2/c1-15-7-8-19-22-18(14-24(19)12-15)20(25)21-11-17-13-23(9-10-26-17)16-5-3-2-4-6-16/h2-8,12,14,17H,9-11,13H2,1H3,(H,21,25). The lowest BCUT2D eigenvalue weighted by Crippen LogP contribution is -2.47.